The van der Waals surface area contributed by atoms with Crippen molar-refractivity contribution in [3.8, 4) is 0 Å². The van der Waals surface area contributed by atoms with Gasteiger partial charge in [-0.3, -0.25) is 9.48 Å². The lowest BCUT2D eigenvalue weighted by molar-refractivity contribution is -0.124. The second-order valence-electron chi connectivity index (χ2n) is 7.78. The van der Waals surface area contributed by atoms with Crippen molar-refractivity contribution in [3.05, 3.63) is 28.3 Å². The van der Waals surface area contributed by atoms with Crippen LogP contribution in [0.5, 0.6) is 0 Å². The van der Waals surface area contributed by atoms with Crippen LogP contribution in [0, 0.1) is 12.8 Å². The van der Waals surface area contributed by atoms with E-state index in [0.29, 0.717) is 17.3 Å². The number of nitrogens with one attached hydrogen (secondary N) is 1. The fraction of sp³-hybridized carbons (Fsp3) is 0.571. The molecule has 2 aromatic rings. The Morgan fingerprint density at radius 2 is 2.18 bits per heavy atom. The molecule has 0 saturated carbocycles. The van der Waals surface area contributed by atoms with Crippen molar-refractivity contribution < 1.29 is 14.3 Å². The van der Waals surface area contributed by atoms with Crippen molar-refractivity contribution in [2.24, 2.45) is 5.92 Å². The summed E-state index contributed by atoms with van der Waals surface area (Å²) in [5.41, 5.74) is 2.32. The first kappa shape index (κ1) is 20.6. The van der Waals surface area contributed by atoms with E-state index in [-0.39, 0.29) is 12.5 Å². The molecule has 6 nitrogen and oxygen atoms in total. The predicted molar refractivity (Wildman–Crippen MR) is 112 cm³/mol. The van der Waals surface area contributed by atoms with Gasteiger partial charge in [-0.25, -0.2) is 4.79 Å². The Morgan fingerprint density at radius 1 is 1.36 bits per heavy atom. The third kappa shape index (κ3) is 5.22. The van der Waals surface area contributed by atoms with Gasteiger partial charge in [0.2, 0.25) is 0 Å². The third-order valence-corrected chi connectivity index (χ3v) is 5.96. The lowest BCUT2D eigenvalue weighted by Gasteiger charge is -2.12. The number of fused-ring (bicyclic) bond motifs is 1. The van der Waals surface area contributed by atoms with Gasteiger partial charge in [-0.05, 0) is 51.0 Å². The average molecular weight is 404 g/mol. The van der Waals surface area contributed by atoms with Crippen molar-refractivity contribution in [1.82, 2.24) is 15.1 Å². The van der Waals surface area contributed by atoms with Gasteiger partial charge in [0.1, 0.15) is 9.71 Å². The van der Waals surface area contributed by atoms with E-state index in [1.807, 2.05) is 17.7 Å². The number of rotatable bonds is 8. The normalized spacial score (nSPS) is 14.4. The van der Waals surface area contributed by atoms with Crippen molar-refractivity contribution in [3.63, 3.8) is 0 Å². The summed E-state index contributed by atoms with van der Waals surface area (Å²) in [5.74, 6) is -0.247. The third-order valence-electron chi connectivity index (χ3n) is 4.83. The number of aryl methyl sites for hydroxylation is 1. The Labute approximate surface area is 169 Å². The van der Waals surface area contributed by atoms with Crippen LogP contribution < -0.4 is 5.32 Å². The van der Waals surface area contributed by atoms with Crippen molar-refractivity contribution in [2.45, 2.75) is 59.4 Å². The highest BCUT2D eigenvalue weighted by Gasteiger charge is 2.18. The molecule has 0 radical (unpaired) electrons. The van der Waals surface area contributed by atoms with Crippen molar-refractivity contribution in [2.75, 3.05) is 13.2 Å². The summed E-state index contributed by atoms with van der Waals surface area (Å²) in [7, 11) is 0. The molecule has 0 fully saturated rings. The fourth-order valence-electron chi connectivity index (χ4n) is 3.43. The van der Waals surface area contributed by atoms with Gasteiger partial charge >= 0.3 is 5.97 Å². The molecule has 1 aliphatic carbocycles. The minimum absolute atomic E-state index is 0.247. The number of esters is 1. The number of hydrogen-bond donors (Lipinski definition) is 1. The molecular weight excluding hydrogens is 374 g/mol. The standard InChI is InChI=1S/C21H29N3O3S/c1-14(2)12-24-20-17(15(3)23-24)11-18(28-20)21(26)27-13-19(25)22-10-9-16-7-5-4-6-8-16/h7,11,14H,4-6,8-10,12-13H2,1-3H3,(H,22,25). The summed E-state index contributed by atoms with van der Waals surface area (Å²) in [4.78, 5) is 25.8. The number of carbonyl (C=O) groups is 2. The molecule has 0 saturated heterocycles. The number of nitrogens with zero attached hydrogens (tertiary/aromatic N) is 2. The molecule has 152 valence electrons. The Kier molecular flexibility index (Phi) is 6.88. The van der Waals surface area contributed by atoms with Crippen LogP contribution >= 0.6 is 11.3 Å². The number of amides is 1. The summed E-state index contributed by atoms with van der Waals surface area (Å²) in [6.45, 7) is 7.36. The maximum atomic E-state index is 12.4. The van der Waals surface area contributed by atoms with E-state index in [9.17, 15) is 9.59 Å². The molecular formula is C21H29N3O3S. The highest BCUT2D eigenvalue weighted by molar-refractivity contribution is 7.20. The number of aromatic nitrogens is 2. The topological polar surface area (TPSA) is 73.2 Å². The van der Waals surface area contributed by atoms with Crippen LogP contribution in [0.25, 0.3) is 10.2 Å². The second kappa shape index (κ2) is 9.37. The van der Waals surface area contributed by atoms with Gasteiger partial charge in [0.25, 0.3) is 5.91 Å². The Morgan fingerprint density at radius 3 is 2.89 bits per heavy atom. The lowest BCUT2D eigenvalue weighted by atomic mass is 9.97. The van der Waals surface area contributed by atoms with Gasteiger partial charge in [-0.1, -0.05) is 25.5 Å². The lowest BCUT2D eigenvalue weighted by Crippen LogP contribution is -2.29. The van der Waals surface area contributed by atoms with Gasteiger partial charge < -0.3 is 10.1 Å². The molecule has 0 unspecified atom stereocenters. The van der Waals surface area contributed by atoms with Crippen LogP contribution in [0.3, 0.4) is 0 Å². The number of hydrogen-bond acceptors (Lipinski definition) is 5. The molecule has 1 aliphatic rings. The van der Waals surface area contributed by atoms with Crippen molar-refractivity contribution in [1.29, 1.82) is 0 Å². The molecule has 28 heavy (non-hydrogen) atoms. The fourth-order valence-corrected chi connectivity index (χ4v) is 4.50. The highest BCUT2D eigenvalue weighted by atomic mass is 32.1. The maximum Gasteiger partial charge on any atom is 0.348 e. The number of allylic oxidation sites excluding steroid dienone is 1. The second-order valence-corrected chi connectivity index (χ2v) is 8.81. The Hall–Kier alpha value is -2.15. The molecule has 2 heterocycles. The summed E-state index contributed by atoms with van der Waals surface area (Å²) < 4.78 is 7.16. The van der Waals surface area contributed by atoms with E-state index < -0.39 is 5.97 Å². The van der Waals surface area contributed by atoms with E-state index in [2.05, 4.69) is 30.3 Å². The zero-order chi connectivity index (χ0) is 20.1. The van der Waals surface area contributed by atoms with Gasteiger partial charge in [0.15, 0.2) is 6.61 Å². The molecule has 3 rings (SSSR count). The molecule has 1 N–H and O–H groups in total. The van der Waals surface area contributed by atoms with E-state index in [4.69, 9.17) is 4.74 Å². The highest BCUT2D eigenvalue weighted by Crippen LogP contribution is 2.29. The van der Waals surface area contributed by atoms with E-state index in [0.717, 1.165) is 41.7 Å². The molecule has 0 aromatic carbocycles. The van der Waals surface area contributed by atoms with Crippen LogP contribution in [0.2, 0.25) is 0 Å². The maximum absolute atomic E-state index is 12.4. The molecule has 0 spiro atoms. The van der Waals surface area contributed by atoms with E-state index in [1.54, 1.807) is 0 Å². The Balaban J connectivity index is 1.50. The number of ether oxygens (including phenoxy) is 1. The summed E-state index contributed by atoms with van der Waals surface area (Å²) >= 11 is 1.37. The minimum Gasteiger partial charge on any atom is -0.451 e. The molecule has 2 aromatic heterocycles. The first-order chi connectivity index (χ1) is 13.4. The molecule has 0 aliphatic heterocycles. The molecule has 7 heteroatoms. The van der Waals surface area contributed by atoms with Gasteiger partial charge in [-0.2, -0.15) is 5.10 Å². The van der Waals surface area contributed by atoms with Crippen molar-refractivity contribution >= 4 is 33.4 Å². The predicted octanol–water partition coefficient (Wildman–Crippen LogP) is 4.23. The van der Waals surface area contributed by atoms with Gasteiger partial charge in [0, 0.05) is 18.5 Å². The number of thiophene rings is 1. The first-order valence-electron chi connectivity index (χ1n) is 10.0. The monoisotopic (exact) mass is 403 g/mol. The first-order valence-corrected chi connectivity index (χ1v) is 10.8. The average Bonchev–Trinajstić information content (AvgIpc) is 3.22. The minimum atomic E-state index is -0.457. The van der Waals surface area contributed by atoms with E-state index in [1.165, 1.54) is 29.8 Å². The van der Waals surface area contributed by atoms with Crippen LogP contribution in [0.15, 0.2) is 17.7 Å². The van der Waals surface area contributed by atoms with Crippen LogP contribution in [0.4, 0.5) is 0 Å². The zero-order valence-corrected chi connectivity index (χ0v) is 17.7. The zero-order valence-electron chi connectivity index (χ0n) is 16.9. The SMILES string of the molecule is Cc1nn(CC(C)C)c2sc(C(=O)OCC(=O)NCCC3=CCCCC3)cc12. The van der Waals surface area contributed by atoms with E-state index >= 15 is 0 Å². The Bertz CT molecular complexity index is 879. The molecule has 1 amide bonds. The smallest absolute Gasteiger partial charge is 0.348 e. The van der Waals surface area contributed by atoms with Crippen LogP contribution in [0.1, 0.15) is 61.3 Å². The largest absolute Gasteiger partial charge is 0.451 e. The van der Waals surface area contributed by atoms with Gasteiger partial charge in [0.05, 0.1) is 5.69 Å². The van der Waals surface area contributed by atoms with Gasteiger partial charge in [-0.15, -0.1) is 11.3 Å². The number of carbonyl (C=O) groups excluding carboxylic acids is 2. The van der Waals surface area contributed by atoms with Crippen LogP contribution in [-0.2, 0) is 16.1 Å². The summed E-state index contributed by atoms with van der Waals surface area (Å²) in [5, 5.41) is 8.35. The summed E-state index contributed by atoms with van der Waals surface area (Å²) in [6, 6.07) is 1.81. The molecule has 0 bridgehead atoms. The summed E-state index contributed by atoms with van der Waals surface area (Å²) in [6.07, 6.45) is 7.93. The molecule has 0 atom stereocenters. The quantitative estimate of drug-likeness (QED) is 0.529. The van der Waals surface area contributed by atoms with Crippen LogP contribution in [-0.4, -0.2) is 34.8 Å².